The Morgan fingerprint density at radius 2 is 1.38 bits per heavy atom. The average molecular weight is 792 g/mol. The van der Waals surface area contributed by atoms with Crippen molar-refractivity contribution in [3.8, 4) is 5.75 Å². The summed E-state index contributed by atoms with van der Waals surface area (Å²) in [7, 11) is 1.57. The number of para-hydroxylation sites is 2. The van der Waals surface area contributed by atoms with E-state index in [0.29, 0.717) is 22.7 Å². The number of aromatic nitrogens is 1. The highest BCUT2D eigenvalue weighted by Crippen LogP contribution is 2.38. The molecule has 5 amide bonds. The van der Waals surface area contributed by atoms with Gasteiger partial charge >= 0.3 is 24.2 Å². The van der Waals surface area contributed by atoms with Crippen molar-refractivity contribution in [3.63, 3.8) is 0 Å². The van der Waals surface area contributed by atoms with Crippen LogP contribution >= 0.6 is 0 Å². The van der Waals surface area contributed by atoms with Gasteiger partial charge in [-0.3, -0.25) is 19.5 Å². The van der Waals surface area contributed by atoms with Crippen molar-refractivity contribution in [2.75, 3.05) is 34.9 Å². The molecule has 0 radical (unpaired) electrons. The van der Waals surface area contributed by atoms with Crippen LogP contribution in [0.2, 0.25) is 0 Å². The van der Waals surface area contributed by atoms with Gasteiger partial charge in [-0.05, 0) is 101 Å². The molecule has 304 valence electrons. The minimum Gasteiger partial charge on any atom is -0.497 e. The van der Waals surface area contributed by atoms with Crippen molar-refractivity contribution in [2.45, 2.75) is 78.4 Å². The molecule has 1 fully saturated rings. The molecule has 0 saturated carbocycles. The zero-order valence-electron chi connectivity index (χ0n) is 33.8. The summed E-state index contributed by atoms with van der Waals surface area (Å²) in [6.45, 7) is 10.8. The van der Waals surface area contributed by atoms with Crippen LogP contribution in [-0.4, -0.2) is 77.4 Å². The Hall–Kier alpha value is -6.44. The van der Waals surface area contributed by atoms with Gasteiger partial charge in [0, 0.05) is 19.3 Å². The number of pyridine rings is 1. The Morgan fingerprint density at radius 3 is 2.02 bits per heavy atom. The fourth-order valence-electron chi connectivity index (χ4n) is 6.70. The molecule has 4 aromatic rings. The van der Waals surface area contributed by atoms with Crippen LogP contribution in [0, 0.1) is 5.92 Å². The second-order valence-corrected chi connectivity index (χ2v) is 16.0. The molecule has 2 aliphatic rings. The van der Waals surface area contributed by atoms with E-state index in [-0.39, 0.29) is 38.5 Å². The van der Waals surface area contributed by atoms with E-state index >= 15 is 0 Å². The lowest BCUT2D eigenvalue weighted by molar-refractivity contribution is -0.170. The molecular formula is C44H49N5O9. The third kappa shape index (κ3) is 9.56. The number of anilines is 3. The van der Waals surface area contributed by atoms with Gasteiger partial charge in [-0.15, -0.1) is 0 Å². The molecule has 3 heterocycles. The SMILES string of the molecule is COc1ccc(CN(C(=O)OC(C)(C)C)c2cc(C[C@H]3C(=O)N(C(=O)N4CCN(C(=O)OC(C)(C)C)c5ccccc54)[C@@H]3C(=O)OCc3ccccc3)ccn2)cc1. The Balaban J connectivity index is 1.28. The molecule has 2 aliphatic heterocycles. The third-order valence-electron chi connectivity index (χ3n) is 9.40. The van der Waals surface area contributed by atoms with Gasteiger partial charge < -0.3 is 18.9 Å². The summed E-state index contributed by atoms with van der Waals surface area (Å²) in [5, 5.41) is 0. The average Bonchev–Trinajstić information content (AvgIpc) is 3.18. The van der Waals surface area contributed by atoms with Crippen molar-refractivity contribution in [1.82, 2.24) is 9.88 Å². The molecule has 6 rings (SSSR count). The maximum absolute atomic E-state index is 14.4. The zero-order chi connectivity index (χ0) is 41.8. The van der Waals surface area contributed by atoms with Gasteiger partial charge in [-0.2, -0.15) is 0 Å². The van der Waals surface area contributed by atoms with Gasteiger partial charge in [0.1, 0.15) is 29.4 Å². The van der Waals surface area contributed by atoms with Crippen LogP contribution in [0.25, 0.3) is 0 Å². The molecule has 2 atom stereocenters. The fourth-order valence-corrected chi connectivity index (χ4v) is 6.70. The van der Waals surface area contributed by atoms with Gasteiger partial charge in [0.05, 0.1) is 30.9 Å². The highest BCUT2D eigenvalue weighted by molar-refractivity contribution is 6.13. The number of fused-ring (bicyclic) bond motifs is 1. The number of nitrogens with zero attached hydrogens (tertiary/aromatic N) is 5. The Labute approximate surface area is 338 Å². The molecule has 14 heteroatoms. The Kier molecular flexibility index (Phi) is 12.1. The predicted octanol–water partition coefficient (Wildman–Crippen LogP) is 7.53. The Bertz CT molecular complexity index is 2150. The first-order valence-electron chi connectivity index (χ1n) is 19.1. The highest BCUT2D eigenvalue weighted by Gasteiger charge is 2.57. The van der Waals surface area contributed by atoms with Gasteiger partial charge in [0.15, 0.2) is 6.04 Å². The lowest BCUT2D eigenvalue weighted by Gasteiger charge is -2.47. The molecule has 0 bridgehead atoms. The summed E-state index contributed by atoms with van der Waals surface area (Å²) < 4.78 is 22.4. The van der Waals surface area contributed by atoms with E-state index < -0.39 is 53.3 Å². The van der Waals surface area contributed by atoms with Gasteiger partial charge in [0.2, 0.25) is 5.91 Å². The number of rotatable bonds is 9. The summed E-state index contributed by atoms with van der Waals surface area (Å²) in [5.41, 5.74) is 1.39. The Morgan fingerprint density at radius 1 is 0.759 bits per heavy atom. The molecule has 1 saturated heterocycles. The number of hydrogen-bond donors (Lipinski definition) is 0. The molecule has 0 unspecified atom stereocenters. The molecule has 0 aliphatic carbocycles. The van der Waals surface area contributed by atoms with Crippen LogP contribution in [0.4, 0.5) is 31.6 Å². The van der Waals surface area contributed by atoms with Crippen LogP contribution in [0.3, 0.4) is 0 Å². The van der Waals surface area contributed by atoms with Crippen molar-refractivity contribution in [3.05, 3.63) is 114 Å². The number of amides is 5. The van der Waals surface area contributed by atoms with Crippen LogP contribution in [-0.2, 0) is 43.4 Å². The quantitative estimate of drug-likeness (QED) is 0.0947. The van der Waals surface area contributed by atoms with Crippen molar-refractivity contribution in [1.29, 1.82) is 0 Å². The number of methoxy groups -OCH3 is 1. The van der Waals surface area contributed by atoms with Crippen LogP contribution in [0.5, 0.6) is 5.75 Å². The molecule has 1 aromatic heterocycles. The lowest BCUT2D eigenvalue weighted by Crippen LogP contribution is -2.70. The van der Waals surface area contributed by atoms with E-state index in [9.17, 15) is 24.0 Å². The smallest absolute Gasteiger partial charge is 0.416 e. The standard InChI is InChI=1S/C44H49N5O9/c1-43(2,3)57-41(53)47-24-23-46(34-15-11-12-16-35(34)47)40(52)49-37(39(51)56-28-30-13-9-8-10-14-30)33(38(49)50)25-31-21-22-45-36(26-31)48(42(54)58-44(4,5)6)27-29-17-19-32(55-7)20-18-29/h8-22,26,33,37H,23-25,27-28H2,1-7H3/t33-,37+/m1/s1. The number of carbonyl (C=O) groups is 5. The summed E-state index contributed by atoms with van der Waals surface area (Å²) in [6.07, 6.45) is 0.363. The molecule has 58 heavy (non-hydrogen) atoms. The molecule has 14 nitrogen and oxygen atoms in total. The third-order valence-corrected chi connectivity index (χ3v) is 9.40. The number of urea groups is 1. The van der Waals surface area contributed by atoms with Crippen molar-refractivity contribution >= 4 is 47.3 Å². The summed E-state index contributed by atoms with van der Waals surface area (Å²) in [6, 6.07) is 24.6. The van der Waals surface area contributed by atoms with Crippen molar-refractivity contribution in [2.24, 2.45) is 5.92 Å². The zero-order valence-corrected chi connectivity index (χ0v) is 33.8. The highest BCUT2D eigenvalue weighted by atomic mass is 16.6. The van der Waals surface area contributed by atoms with E-state index in [4.69, 9.17) is 18.9 Å². The number of benzene rings is 3. The molecule has 0 spiro atoms. The monoisotopic (exact) mass is 791 g/mol. The van der Waals surface area contributed by atoms with E-state index in [2.05, 4.69) is 4.98 Å². The first kappa shape index (κ1) is 41.2. The molecular weight excluding hydrogens is 743 g/mol. The minimum atomic E-state index is -1.27. The summed E-state index contributed by atoms with van der Waals surface area (Å²) >= 11 is 0. The van der Waals surface area contributed by atoms with E-state index in [1.807, 2.05) is 42.5 Å². The first-order valence-corrected chi connectivity index (χ1v) is 19.1. The fraction of sp³-hybridized carbons (Fsp3) is 0.364. The minimum absolute atomic E-state index is 0.0386. The lowest BCUT2D eigenvalue weighted by atomic mass is 9.82. The topological polar surface area (TPSA) is 148 Å². The van der Waals surface area contributed by atoms with Crippen LogP contribution in [0.15, 0.2) is 97.2 Å². The van der Waals surface area contributed by atoms with E-state index in [1.165, 1.54) is 20.9 Å². The first-order chi connectivity index (χ1) is 27.5. The number of β-lactam (4-membered cyclic amide) rings is 1. The van der Waals surface area contributed by atoms with Crippen molar-refractivity contribution < 1.29 is 42.9 Å². The summed E-state index contributed by atoms with van der Waals surface area (Å²) in [5.74, 6) is -1.36. The van der Waals surface area contributed by atoms with Crippen LogP contribution < -0.4 is 19.4 Å². The number of imide groups is 1. The van der Waals surface area contributed by atoms with E-state index in [1.54, 1.807) is 97.2 Å². The number of hydrogen-bond acceptors (Lipinski definition) is 10. The normalized spacial score (nSPS) is 16.5. The number of likely N-dealkylation sites (tertiary alicyclic amines) is 1. The van der Waals surface area contributed by atoms with Gasteiger partial charge in [0.25, 0.3) is 0 Å². The maximum Gasteiger partial charge on any atom is 0.416 e. The molecule has 3 aromatic carbocycles. The number of esters is 1. The predicted molar refractivity (Wildman–Crippen MR) is 216 cm³/mol. The largest absolute Gasteiger partial charge is 0.497 e. The van der Waals surface area contributed by atoms with Gasteiger partial charge in [-0.1, -0.05) is 54.6 Å². The maximum atomic E-state index is 14.4. The van der Waals surface area contributed by atoms with Crippen LogP contribution in [0.1, 0.15) is 58.2 Å². The molecule has 0 N–H and O–H groups in total. The van der Waals surface area contributed by atoms with Gasteiger partial charge in [-0.25, -0.2) is 29.1 Å². The van der Waals surface area contributed by atoms with E-state index in [0.717, 1.165) is 16.0 Å². The second-order valence-electron chi connectivity index (χ2n) is 16.0. The number of carbonyl (C=O) groups excluding carboxylic acids is 5. The number of ether oxygens (including phenoxy) is 4. The summed E-state index contributed by atoms with van der Waals surface area (Å²) in [4.78, 5) is 78.9. The second kappa shape index (κ2) is 17.0.